The second-order valence-corrected chi connectivity index (χ2v) is 5.85. The average Bonchev–Trinajstić information content (AvgIpc) is 2.74. The summed E-state index contributed by atoms with van der Waals surface area (Å²) in [5.41, 5.74) is 10.3. The molecule has 0 bridgehead atoms. The monoisotopic (exact) mass is 246 g/mol. The molecule has 3 nitrogen and oxygen atoms in total. The molecule has 3 heteroatoms. The van der Waals surface area contributed by atoms with Gasteiger partial charge in [0.15, 0.2) is 0 Å². The number of benzene rings is 1. The van der Waals surface area contributed by atoms with Crippen LogP contribution in [-0.2, 0) is 6.42 Å². The van der Waals surface area contributed by atoms with Crippen molar-refractivity contribution in [2.45, 2.75) is 31.7 Å². The highest BCUT2D eigenvalue weighted by atomic mass is 16.5. The second kappa shape index (κ2) is 4.56. The van der Waals surface area contributed by atoms with Crippen molar-refractivity contribution in [3.05, 3.63) is 28.8 Å². The van der Waals surface area contributed by atoms with E-state index in [4.69, 9.17) is 10.5 Å². The van der Waals surface area contributed by atoms with Crippen LogP contribution >= 0.6 is 0 Å². The molecule has 2 aliphatic heterocycles. The van der Waals surface area contributed by atoms with Gasteiger partial charge < -0.3 is 15.4 Å². The maximum Gasteiger partial charge on any atom is 0.126 e. The summed E-state index contributed by atoms with van der Waals surface area (Å²) in [5.74, 6) is 1.67. The van der Waals surface area contributed by atoms with Gasteiger partial charge in [-0.1, -0.05) is 17.7 Å². The summed E-state index contributed by atoms with van der Waals surface area (Å²) in [6, 6.07) is 4.84. The van der Waals surface area contributed by atoms with Crippen molar-refractivity contribution < 1.29 is 4.74 Å². The molecule has 1 aromatic carbocycles. The van der Waals surface area contributed by atoms with Gasteiger partial charge in [0, 0.05) is 31.5 Å². The summed E-state index contributed by atoms with van der Waals surface area (Å²) in [5, 5.41) is 0. The van der Waals surface area contributed by atoms with Gasteiger partial charge in [-0.2, -0.15) is 0 Å². The Morgan fingerprint density at radius 1 is 1.33 bits per heavy atom. The van der Waals surface area contributed by atoms with Crippen molar-refractivity contribution in [3.63, 3.8) is 0 Å². The SMILES string of the molecule is Cc1cc2c(c(C3CC(N)CN(C)C3)c1)OCC2. The molecule has 0 radical (unpaired) electrons. The maximum atomic E-state index is 6.15. The molecule has 0 aliphatic carbocycles. The molecule has 98 valence electrons. The largest absolute Gasteiger partial charge is 0.493 e. The van der Waals surface area contributed by atoms with Gasteiger partial charge in [-0.05, 0) is 31.5 Å². The molecule has 2 aliphatic rings. The van der Waals surface area contributed by atoms with E-state index in [0.29, 0.717) is 5.92 Å². The molecular weight excluding hydrogens is 224 g/mol. The molecule has 0 amide bonds. The van der Waals surface area contributed by atoms with Gasteiger partial charge in [0.2, 0.25) is 0 Å². The number of nitrogens with two attached hydrogens (primary N) is 1. The molecule has 2 atom stereocenters. The van der Waals surface area contributed by atoms with Crippen LogP contribution in [0.3, 0.4) is 0 Å². The first-order valence-corrected chi connectivity index (χ1v) is 6.84. The summed E-state index contributed by atoms with van der Waals surface area (Å²) in [7, 11) is 2.16. The predicted molar refractivity (Wildman–Crippen MR) is 73.2 cm³/mol. The van der Waals surface area contributed by atoms with E-state index < -0.39 is 0 Å². The minimum absolute atomic E-state index is 0.284. The number of aryl methyl sites for hydroxylation is 1. The number of fused-ring (bicyclic) bond motifs is 1. The van der Waals surface area contributed by atoms with E-state index in [9.17, 15) is 0 Å². The van der Waals surface area contributed by atoms with Gasteiger partial charge in [-0.25, -0.2) is 0 Å². The standard InChI is InChI=1S/C15H22N2O/c1-10-5-11-3-4-18-15(11)14(6-10)12-7-13(16)9-17(2)8-12/h5-6,12-13H,3-4,7-9,16H2,1-2H3. The lowest BCUT2D eigenvalue weighted by Gasteiger charge is -2.34. The molecular formula is C15H22N2O. The van der Waals surface area contributed by atoms with Crippen LogP contribution in [0.25, 0.3) is 0 Å². The molecule has 2 N–H and O–H groups in total. The normalized spacial score (nSPS) is 27.9. The minimum atomic E-state index is 0.284. The summed E-state index contributed by atoms with van der Waals surface area (Å²) in [4.78, 5) is 2.34. The fraction of sp³-hybridized carbons (Fsp3) is 0.600. The molecule has 0 saturated carbocycles. The Morgan fingerprint density at radius 2 is 2.17 bits per heavy atom. The third kappa shape index (κ3) is 2.13. The summed E-state index contributed by atoms with van der Waals surface area (Å²) in [6.07, 6.45) is 2.13. The van der Waals surface area contributed by atoms with Crippen LogP contribution in [0, 0.1) is 6.92 Å². The highest BCUT2D eigenvalue weighted by Gasteiger charge is 2.28. The molecule has 3 rings (SSSR count). The lowest BCUT2D eigenvalue weighted by molar-refractivity contribution is 0.224. The Balaban J connectivity index is 1.96. The third-order valence-electron chi connectivity index (χ3n) is 4.06. The van der Waals surface area contributed by atoms with Gasteiger partial charge in [-0.15, -0.1) is 0 Å². The summed E-state index contributed by atoms with van der Waals surface area (Å²) < 4.78 is 5.85. The zero-order valence-corrected chi connectivity index (χ0v) is 11.3. The van der Waals surface area contributed by atoms with Gasteiger partial charge in [0.05, 0.1) is 6.61 Å². The first-order chi connectivity index (χ1) is 8.63. The van der Waals surface area contributed by atoms with Crippen LogP contribution in [0.4, 0.5) is 0 Å². The number of hydrogen-bond donors (Lipinski definition) is 1. The molecule has 1 aromatic rings. The van der Waals surface area contributed by atoms with Crippen LogP contribution in [0.1, 0.15) is 29.0 Å². The minimum Gasteiger partial charge on any atom is -0.493 e. The number of piperidine rings is 1. The van der Waals surface area contributed by atoms with Crippen molar-refractivity contribution in [3.8, 4) is 5.75 Å². The number of nitrogens with zero attached hydrogens (tertiary/aromatic N) is 1. The molecule has 0 aromatic heterocycles. The number of hydrogen-bond acceptors (Lipinski definition) is 3. The zero-order valence-electron chi connectivity index (χ0n) is 11.3. The van der Waals surface area contributed by atoms with Crippen molar-refractivity contribution >= 4 is 0 Å². The smallest absolute Gasteiger partial charge is 0.126 e. The maximum absolute atomic E-state index is 6.15. The van der Waals surface area contributed by atoms with E-state index >= 15 is 0 Å². The number of rotatable bonds is 1. The van der Waals surface area contributed by atoms with Crippen LogP contribution in [0.15, 0.2) is 12.1 Å². The molecule has 2 heterocycles. The van der Waals surface area contributed by atoms with E-state index in [2.05, 4.69) is 31.0 Å². The van der Waals surface area contributed by atoms with Crippen LogP contribution < -0.4 is 10.5 Å². The highest BCUT2D eigenvalue weighted by molar-refractivity contribution is 5.48. The van der Waals surface area contributed by atoms with E-state index in [1.165, 1.54) is 16.7 Å². The molecule has 2 unspecified atom stereocenters. The molecule has 18 heavy (non-hydrogen) atoms. The summed E-state index contributed by atoms with van der Waals surface area (Å²) >= 11 is 0. The molecule has 1 saturated heterocycles. The van der Waals surface area contributed by atoms with Gasteiger partial charge in [0.25, 0.3) is 0 Å². The number of likely N-dealkylation sites (N-methyl/N-ethyl adjacent to an activating group) is 1. The van der Waals surface area contributed by atoms with Crippen molar-refractivity contribution in [1.29, 1.82) is 0 Å². The Kier molecular flexibility index (Phi) is 3.04. The number of likely N-dealkylation sites (tertiary alicyclic amines) is 1. The van der Waals surface area contributed by atoms with E-state index in [-0.39, 0.29) is 6.04 Å². The Morgan fingerprint density at radius 3 is 2.94 bits per heavy atom. The van der Waals surface area contributed by atoms with Crippen LogP contribution in [0.2, 0.25) is 0 Å². The predicted octanol–water partition coefficient (Wildman–Crippen LogP) is 1.68. The first-order valence-electron chi connectivity index (χ1n) is 6.84. The third-order valence-corrected chi connectivity index (χ3v) is 4.06. The van der Waals surface area contributed by atoms with Crippen molar-refractivity contribution in [2.75, 3.05) is 26.7 Å². The fourth-order valence-corrected chi connectivity index (χ4v) is 3.40. The van der Waals surface area contributed by atoms with Crippen molar-refractivity contribution in [2.24, 2.45) is 5.73 Å². The Bertz CT molecular complexity index is 448. The van der Waals surface area contributed by atoms with Crippen molar-refractivity contribution in [1.82, 2.24) is 4.90 Å². The van der Waals surface area contributed by atoms with Crippen LogP contribution in [0.5, 0.6) is 5.75 Å². The highest BCUT2D eigenvalue weighted by Crippen LogP contribution is 2.38. The first kappa shape index (κ1) is 12.0. The fourth-order valence-electron chi connectivity index (χ4n) is 3.40. The van der Waals surface area contributed by atoms with Gasteiger partial charge >= 0.3 is 0 Å². The lowest BCUT2D eigenvalue weighted by Crippen LogP contribution is -2.44. The summed E-state index contributed by atoms with van der Waals surface area (Å²) in [6.45, 7) is 5.10. The van der Waals surface area contributed by atoms with Crippen LogP contribution in [-0.4, -0.2) is 37.7 Å². The Labute approximate surface area is 109 Å². The Hall–Kier alpha value is -1.06. The van der Waals surface area contributed by atoms with E-state index in [0.717, 1.165) is 38.3 Å². The number of ether oxygens (including phenoxy) is 1. The molecule has 1 fully saturated rings. The van der Waals surface area contributed by atoms with E-state index in [1.807, 2.05) is 0 Å². The second-order valence-electron chi connectivity index (χ2n) is 5.85. The quantitative estimate of drug-likeness (QED) is 0.819. The zero-order chi connectivity index (χ0) is 12.7. The van der Waals surface area contributed by atoms with Gasteiger partial charge in [-0.3, -0.25) is 0 Å². The average molecular weight is 246 g/mol. The molecule has 0 spiro atoms. The van der Waals surface area contributed by atoms with E-state index in [1.54, 1.807) is 0 Å². The lowest BCUT2D eigenvalue weighted by atomic mass is 9.86. The van der Waals surface area contributed by atoms with Gasteiger partial charge in [0.1, 0.15) is 5.75 Å². The topological polar surface area (TPSA) is 38.5 Å².